The Morgan fingerprint density at radius 2 is 0.515 bits per heavy atom. The zero-order chi connectivity index (χ0) is 75.2. The average molecular weight is 1480 g/mol. The van der Waals surface area contributed by atoms with Crippen LogP contribution in [0.1, 0.15) is 316 Å². The molecule has 0 radical (unpaired) electrons. The quantitative estimate of drug-likeness (QED) is 0.0146. The maximum absolute atomic E-state index is 12.9. The Morgan fingerprint density at radius 1 is 0.282 bits per heavy atom. The van der Waals surface area contributed by atoms with Crippen LogP contribution in [-0.4, -0.2) is 95.9 Å². The van der Waals surface area contributed by atoms with Gasteiger partial charge in [-0.25, -0.2) is 9.13 Å². The third-order valence-corrected chi connectivity index (χ3v) is 18.4. The topological polar surface area (TPSA) is 231 Å². The van der Waals surface area contributed by atoms with E-state index in [9.17, 15) is 43.5 Å². The van der Waals surface area contributed by atoms with E-state index in [0.29, 0.717) is 19.3 Å². The highest BCUT2D eigenvalue weighted by molar-refractivity contribution is 7.47. The van der Waals surface area contributed by atoms with E-state index in [1.807, 2.05) is 0 Å². The number of aliphatic hydroxyl groups excluding tert-OH is 2. The number of allylic oxidation sites excluding steroid dienone is 24. The molecular formula is C85H144O16P2. The lowest BCUT2D eigenvalue weighted by Crippen LogP contribution is -2.30. The molecule has 103 heavy (non-hydrogen) atoms. The van der Waals surface area contributed by atoms with E-state index in [1.165, 1.54) is 96.3 Å². The highest BCUT2D eigenvalue weighted by atomic mass is 31.2. The summed E-state index contributed by atoms with van der Waals surface area (Å²) in [5.74, 6) is -1.61. The molecule has 0 aliphatic heterocycles. The maximum atomic E-state index is 12.9. The fraction of sp³-hybridized carbons (Fsp3) is 0.682. The zero-order valence-corrected chi connectivity index (χ0v) is 66.2. The van der Waals surface area contributed by atoms with Crippen LogP contribution >= 0.6 is 15.6 Å². The van der Waals surface area contributed by atoms with Crippen LogP contribution in [0, 0.1) is 0 Å². The first-order valence-electron chi connectivity index (χ1n) is 40.1. The van der Waals surface area contributed by atoms with Crippen LogP contribution in [0.5, 0.6) is 0 Å². The summed E-state index contributed by atoms with van der Waals surface area (Å²) in [6.45, 7) is 2.38. The third-order valence-electron chi connectivity index (χ3n) is 16.5. The van der Waals surface area contributed by atoms with Crippen LogP contribution in [0.25, 0.3) is 0 Å². The summed E-state index contributed by atoms with van der Waals surface area (Å²) in [7, 11) is -9.79. The second kappa shape index (κ2) is 77.1. The number of hydrogen-bond donors (Lipinski definition) is 4. The first kappa shape index (κ1) is 98.4. The molecule has 0 amide bonds. The number of phosphoric ester groups is 2. The van der Waals surface area contributed by atoms with Crippen molar-refractivity contribution in [3.63, 3.8) is 0 Å². The number of rotatable bonds is 75. The Hall–Kier alpha value is -4.57. The molecule has 0 heterocycles. The predicted molar refractivity (Wildman–Crippen MR) is 426 cm³/mol. The second-order valence-electron chi connectivity index (χ2n) is 26.5. The lowest BCUT2D eigenvalue weighted by atomic mass is 10.0. The molecule has 0 aromatic heterocycles. The van der Waals surface area contributed by atoms with E-state index in [4.69, 9.17) is 32.3 Å². The summed E-state index contributed by atoms with van der Waals surface area (Å²) in [6.07, 6.45) is 95.0. The molecule has 4 N–H and O–H groups in total. The first-order valence-corrected chi connectivity index (χ1v) is 43.1. The molecule has 5 atom stereocenters. The number of carbonyl (C=O) groups excluding carboxylic acids is 3. The van der Waals surface area contributed by atoms with E-state index in [1.54, 1.807) is 0 Å². The molecule has 0 aliphatic carbocycles. The van der Waals surface area contributed by atoms with Gasteiger partial charge < -0.3 is 34.2 Å². The Bertz CT molecular complexity index is 2450. The molecule has 16 nitrogen and oxygen atoms in total. The van der Waals surface area contributed by atoms with Crippen molar-refractivity contribution in [2.75, 3.05) is 39.6 Å². The van der Waals surface area contributed by atoms with Gasteiger partial charge in [-0.15, -0.1) is 0 Å². The van der Waals surface area contributed by atoms with Gasteiger partial charge in [-0.05, 0) is 135 Å². The van der Waals surface area contributed by atoms with Gasteiger partial charge in [0.05, 0.1) is 26.4 Å². The number of hydrogen-bond acceptors (Lipinski definition) is 14. The number of carbonyl (C=O) groups is 3. The summed E-state index contributed by atoms with van der Waals surface area (Å²) >= 11 is 0. The Morgan fingerprint density at radius 3 is 0.825 bits per heavy atom. The minimum absolute atomic E-state index is 0.0869. The lowest BCUT2D eigenvalue weighted by molar-refractivity contribution is -0.161. The van der Waals surface area contributed by atoms with Gasteiger partial charge in [0, 0.05) is 19.3 Å². The summed E-state index contributed by atoms with van der Waals surface area (Å²) in [5.41, 5.74) is 0. The standard InChI is InChI=1S/C85H144O16P2/c1-4-7-10-13-16-19-22-24-26-28-30-32-33-34-35-36-37-38-39-40-41-42-43-44-45-47-49-50-52-54-57-59-62-65-68-71-83(88)95-74-80(86)75-97-102(91,92)98-76-81(87)77-99-103(93,94)100-79-82(101-85(90)73-70-67-64-61-56-21-18-15-12-9-6-3)78-96-84(89)72-69-66-63-60-58-55-53-51-48-46-31-29-27-25-23-20-17-14-11-8-5-2/h7-8,10-11,15-20,24-27,30-32,34-35,37-38,46,51,53,80-82,86-87H,4-6,9,12-14,21-23,28-29,33,36,39-45,47-50,52,54-79H2,1-3H3,(H,91,92)(H,93,94)/b10-7-,11-8-,18-15-,19-16-,20-17-,26-24-,27-25-,32-30-,35-34-,38-37-,46-31-,53-51-. The number of ether oxygens (including phenoxy) is 3. The van der Waals surface area contributed by atoms with E-state index in [2.05, 4.69) is 167 Å². The van der Waals surface area contributed by atoms with Crippen molar-refractivity contribution in [3.05, 3.63) is 146 Å². The third kappa shape index (κ3) is 78.3. The smallest absolute Gasteiger partial charge is 0.463 e. The molecule has 0 saturated carbocycles. The fourth-order valence-corrected chi connectivity index (χ4v) is 12.1. The van der Waals surface area contributed by atoms with Crippen LogP contribution in [0.2, 0.25) is 0 Å². The largest absolute Gasteiger partial charge is 0.472 e. The minimum atomic E-state index is -4.93. The van der Waals surface area contributed by atoms with Gasteiger partial charge in [0.15, 0.2) is 6.10 Å². The van der Waals surface area contributed by atoms with E-state index < -0.39 is 91.5 Å². The van der Waals surface area contributed by atoms with Crippen LogP contribution < -0.4 is 0 Å². The van der Waals surface area contributed by atoms with Gasteiger partial charge in [0.1, 0.15) is 25.4 Å². The fourth-order valence-electron chi connectivity index (χ4n) is 10.5. The van der Waals surface area contributed by atoms with Gasteiger partial charge in [-0.2, -0.15) is 0 Å². The maximum Gasteiger partial charge on any atom is 0.472 e. The SMILES string of the molecule is CC/C=C\C/C=C\C/C=C\C/C=C\C/C=C\C/C=C\CCCCCCCCCCCCCCCCCCC(=O)OCC(O)COP(=O)(O)OCC(O)COP(=O)(O)OCC(COC(=O)CCCCCCC/C=C\C/C=C\C/C=C\C/C=C\C/C=C\CC)OC(=O)CCCCCCC/C=C\CCCC. The van der Waals surface area contributed by atoms with Gasteiger partial charge in [-0.3, -0.25) is 32.5 Å². The molecule has 18 heteroatoms. The van der Waals surface area contributed by atoms with Gasteiger partial charge in [0.25, 0.3) is 0 Å². The van der Waals surface area contributed by atoms with Gasteiger partial charge >= 0.3 is 33.6 Å². The Balaban J connectivity index is 4.36. The normalized spacial score (nSPS) is 14.7. The van der Waals surface area contributed by atoms with E-state index in [0.717, 1.165) is 161 Å². The molecule has 0 rings (SSSR count). The highest BCUT2D eigenvalue weighted by Gasteiger charge is 2.29. The Kier molecular flexibility index (Phi) is 73.6. The number of aliphatic hydroxyl groups is 2. The summed E-state index contributed by atoms with van der Waals surface area (Å²) in [4.78, 5) is 58.5. The number of esters is 3. The van der Waals surface area contributed by atoms with Crippen molar-refractivity contribution < 1.29 is 75.8 Å². The molecule has 0 aliphatic rings. The predicted octanol–water partition coefficient (Wildman–Crippen LogP) is 23.7. The second-order valence-corrected chi connectivity index (χ2v) is 29.4. The molecule has 0 aromatic rings. The van der Waals surface area contributed by atoms with Crippen molar-refractivity contribution in [2.45, 2.75) is 334 Å². The van der Waals surface area contributed by atoms with Crippen molar-refractivity contribution in [1.29, 1.82) is 0 Å². The zero-order valence-electron chi connectivity index (χ0n) is 64.4. The molecule has 5 unspecified atom stereocenters. The van der Waals surface area contributed by atoms with Crippen molar-refractivity contribution in [1.82, 2.24) is 0 Å². The van der Waals surface area contributed by atoms with Gasteiger partial charge in [-0.1, -0.05) is 308 Å². The van der Waals surface area contributed by atoms with Crippen LogP contribution in [0.15, 0.2) is 146 Å². The Labute approximate surface area is 626 Å². The summed E-state index contributed by atoms with van der Waals surface area (Å²) < 4.78 is 61.0. The molecule has 0 aromatic carbocycles. The van der Waals surface area contributed by atoms with Crippen LogP contribution in [-0.2, 0) is 55.8 Å². The van der Waals surface area contributed by atoms with Crippen LogP contribution in [0.3, 0.4) is 0 Å². The number of phosphoric acid groups is 2. The molecule has 590 valence electrons. The lowest BCUT2D eigenvalue weighted by Gasteiger charge is -2.21. The van der Waals surface area contributed by atoms with E-state index in [-0.39, 0.29) is 19.3 Å². The monoisotopic (exact) mass is 1480 g/mol. The molecular weight excluding hydrogens is 1340 g/mol. The summed E-state index contributed by atoms with van der Waals surface area (Å²) in [5, 5.41) is 20.6. The average Bonchev–Trinajstić information content (AvgIpc) is 0.913. The van der Waals surface area contributed by atoms with E-state index >= 15 is 0 Å². The number of unbranched alkanes of at least 4 members (excludes halogenated alkanes) is 28. The summed E-state index contributed by atoms with van der Waals surface area (Å²) in [6, 6.07) is 0. The molecule has 0 fully saturated rings. The first-order chi connectivity index (χ1) is 50.2. The molecule has 0 saturated heterocycles. The molecule has 0 bridgehead atoms. The molecule has 0 spiro atoms. The van der Waals surface area contributed by atoms with Crippen molar-refractivity contribution in [2.24, 2.45) is 0 Å². The minimum Gasteiger partial charge on any atom is -0.463 e. The van der Waals surface area contributed by atoms with Crippen LogP contribution in [0.4, 0.5) is 0 Å². The van der Waals surface area contributed by atoms with Crippen molar-refractivity contribution >= 4 is 33.6 Å². The highest BCUT2D eigenvalue weighted by Crippen LogP contribution is 2.45. The van der Waals surface area contributed by atoms with Crippen molar-refractivity contribution in [3.8, 4) is 0 Å². The van der Waals surface area contributed by atoms with Gasteiger partial charge in [0.2, 0.25) is 0 Å².